The molecule has 1 aromatic rings. The predicted molar refractivity (Wildman–Crippen MR) is 86.0 cm³/mol. The van der Waals surface area contributed by atoms with Crippen LogP contribution in [0.5, 0.6) is 0 Å². The molecule has 0 saturated heterocycles. The molecule has 0 heterocycles. The van der Waals surface area contributed by atoms with Crippen LogP contribution in [0.2, 0.25) is 0 Å². The maximum Gasteiger partial charge on any atom is 0.407 e. The standard InChI is InChI=1S/C14H23N3O4S/c1-14(2,3)21-13(18)17-9-8-16-12-6-4-11(5-7-12)10-22(15,19)20/h4-7,16H,8-10H2,1-3H3,(H,17,18)(H2,15,19,20). The minimum Gasteiger partial charge on any atom is -0.444 e. The molecule has 8 heteroatoms. The quantitative estimate of drug-likeness (QED) is 0.683. The Balaban J connectivity index is 2.32. The second kappa shape index (κ2) is 7.46. The van der Waals surface area contributed by atoms with Gasteiger partial charge in [0, 0.05) is 18.8 Å². The lowest BCUT2D eigenvalue weighted by Gasteiger charge is -2.19. The van der Waals surface area contributed by atoms with Gasteiger partial charge in [-0.15, -0.1) is 0 Å². The van der Waals surface area contributed by atoms with E-state index in [4.69, 9.17) is 9.88 Å². The summed E-state index contributed by atoms with van der Waals surface area (Å²) in [6, 6.07) is 6.89. The number of hydrogen-bond acceptors (Lipinski definition) is 5. The summed E-state index contributed by atoms with van der Waals surface area (Å²) >= 11 is 0. The summed E-state index contributed by atoms with van der Waals surface area (Å²) in [4.78, 5) is 11.4. The molecule has 0 bridgehead atoms. The highest BCUT2D eigenvalue weighted by Crippen LogP contribution is 2.11. The molecule has 22 heavy (non-hydrogen) atoms. The molecular formula is C14H23N3O4S. The van der Waals surface area contributed by atoms with Crippen LogP contribution in [0.1, 0.15) is 26.3 Å². The molecule has 0 aliphatic rings. The van der Waals surface area contributed by atoms with E-state index < -0.39 is 21.7 Å². The summed E-state index contributed by atoms with van der Waals surface area (Å²) in [6.45, 7) is 6.33. The van der Waals surface area contributed by atoms with Gasteiger partial charge in [0.15, 0.2) is 0 Å². The monoisotopic (exact) mass is 329 g/mol. The van der Waals surface area contributed by atoms with Crippen LogP contribution in [0.3, 0.4) is 0 Å². The first-order valence-corrected chi connectivity index (χ1v) is 8.57. The normalized spacial score (nSPS) is 11.8. The molecule has 0 spiro atoms. The zero-order valence-corrected chi connectivity index (χ0v) is 13.9. The lowest BCUT2D eigenvalue weighted by molar-refractivity contribution is 0.0530. The summed E-state index contributed by atoms with van der Waals surface area (Å²) in [5.41, 5.74) is 0.931. The van der Waals surface area contributed by atoms with Gasteiger partial charge in [0.1, 0.15) is 5.60 Å². The minimum atomic E-state index is -3.52. The fourth-order valence-electron chi connectivity index (χ4n) is 1.64. The first kappa shape index (κ1) is 18.2. The van der Waals surface area contributed by atoms with Crippen molar-refractivity contribution in [1.29, 1.82) is 0 Å². The van der Waals surface area contributed by atoms with Gasteiger partial charge in [0.2, 0.25) is 10.0 Å². The fourth-order valence-corrected chi connectivity index (χ4v) is 2.29. The molecule has 1 amide bonds. The summed E-state index contributed by atoms with van der Waals surface area (Å²) in [5, 5.41) is 10.7. The highest BCUT2D eigenvalue weighted by atomic mass is 32.2. The number of alkyl carbamates (subject to hydrolysis) is 1. The van der Waals surface area contributed by atoms with Crippen molar-refractivity contribution >= 4 is 21.8 Å². The number of benzene rings is 1. The van der Waals surface area contributed by atoms with Gasteiger partial charge in [0.25, 0.3) is 0 Å². The van der Waals surface area contributed by atoms with Crippen molar-refractivity contribution < 1.29 is 17.9 Å². The molecule has 0 aromatic heterocycles. The number of anilines is 1. The van der Waals surface area contributed by atoms with Crippen LogP contribution < -0.4 is 15.8 Å². The highest BCUT2D eigenvalue weighted by molar-refractivity contribution is 7.88. The smallest absolute Gasteiger partial charge is 0.407 e. The van der Waals surface area contributed by atoms with Gasteiger partial charge in [-0.25, -0.2) is 18.4 Å². The molecule has 0 unspecified atom stereocenters. The molecule has 0 aliphatic heterocycles. The summed E-state index contributed by atoms with van der Waals surface area (Å²) in [6.07, 6.45) is -0.460. The van der Waals surface area contributed by atoms with Crippen LogP contribution in [-0.2, 0) is 20.5 Å². The number of carbonyl (C=O) groups is 1. The lowest BCUT2D eigenvalue weighted by atomic mass is 10.2. The van der Waals surface area contributed by atoms with E-state index in [0.29, 0.717) is 18.7 Å². The molecular weight excluding hydrogens is 306 g/mol. The molecule has 0 saturated carbocycles. The van der Waals surface area contributed by atoms with Crippen molar-refractivity contribution in [2.75, 3.05) is 18.4 Å². The molecule has 0 radical (unpaired) electrons. The van der Waals surface area contributed by atoms with Gasteiger partial charge in [-0.1, -0.05) is 12.1 Å². The van der Waals surface area contributed by atoms with E-state index in [-0.39, 0.29) is 5.75 Å². The number of ether oxygens (including phenoxy) is 1. The molecule has 1 aromatic carbocycles. The van der Waals surface area contributed by atoms with Gasteiger partial charge in [-0.2, -0.15) is 0 Å². The van der Waals surface area contributed by atoms with E-state index in [1.54, 1.807) is 45.0 Å². The molecule has 1 rings (SSSR count). The SMILES string of the molecule is CC(C)(C)OC(=O)NCCNc1ccc(CS(N)(=O)=O)cc1. The lowest BCUT2D eigenvalue weighted by Crippen LogP contribution is -2.34. The van der Waals surface area contributed by atoms with E-state index in [2.05, 4.69) is 10.6 Å². The van der Waals surface area contributed by atoms with Gasteiger partial charge in [0.05, 0.1) is 5.75 Å². The van der Waals surface area contributed by atoms with E-state index in [9.17, 15) is 13.2 Å². The maximum atomic E-state index is 11.4. The van der Waals surface area contributed by atoms with Crippen molar-refractivity contribution in [2.24, 2.45) is 5.14 Å². The molecule has 7 nitrogen and oxygen atoms in total. The molecule has 124 valence electrons. The number of hydrogen-bond donors (Lipinski definition) is 3. The summed E-state index contributed by atoms with van der Waals surface area (Å²) in [7, 11) is -3.52. The number of nitrogens with two attached hydrogens (primary N) is 1. The molecule has 0 aliphatic carbocycles. The Bertz CT molecular complexity index is 592. The van der Waals surface area contributed by atoms with Crippen molar-refractivity contribution in [3.8, 4) is 0 Å². The fraction of sp³-hybridized carbons (Fsp3) is 0.500. The summed E-state index contributed by atoms with van der Waals surface area (Å²) in [5.74, 6) is -0.187. The number of amides is 1. The van der Waals surface area contributed by atoms with Crippen molar-refractivity contribution in [1.82, 2.24) is 5.32 Å². The largest absolute Gasteiger partial charge is 0.444 e. The Morgan fingerprint density at radius 3 is 2.27 bits per heavy atom. The van der Waals surface area contributed by atoms with Crippen LogP contribution in [0.15, 0.2) is 24.3 Å². The Kier molecular flexibility index (Phi) is 6.19. The molecule has 0 fully saturated rings. The van der Waals surface area contributed by atoms with Gasteiger partial charge in [-0.3, -0.25) is 0 Å². The van der Waals surface area contributed by atoms with Crippen molar-refractivity contribution in [3.05, 3.63) is 29.8 Å². The van der Waals surface area contributed by atoms with E-state index in [0.717, 1.165) is 5.69 Å². The third-order valence-electron chi connectivity index (χ3n) is 2.44. The number of primary sulfonamides is 1. The Labute approximate surface area is 131 Å². The third-order valence-corrected chi connectivity index (χ3v) is 3.18. The topological polar surface area (TPSA) is 111 Å². The van der Waals surface area contributed by atoms with Crippen LogP contribution in [0.4, 0.5) is 10.5 Å². The zero-order valence-electron chi connectivity index (χ0n) is 13.0. The number of rotatable bonds is 6. The van der Waals surface area contributed by atoms with Crippen molar-refractivity contribution in [3.63, 3.8) is 0 Å². The number of nitrogens with one attached hydrogen (secondary N) is 2. The van der Waals surface area contributed by atoms with Crippen LogP contribution in [0.25, 0.3) is 0 Å². The van der Waals surface area contributed by atoms with E-state index in [1.807, 2.05) is 0 Å². The van der Waals surface area contributed by atoms with E-state index >= 15 is 0 Å². The van der Waals surface area contributed by atoms with Crippen LogP contribution in [0, 0.1) is 0 Å². The Hall–Kier alpha value is -1.80. The average molecular weight is 329 g/mol. The average Bonchev–Trinajstić information content (AvgIpc) is 2.32. The molecule has 0 atom stereocenters. The van der Waals surface area contributed by atoms with Gasteiger partial charge >= 0.3 is 6.09 Å². The maximum absolute atomic E-state index is 11.4. The third kappa shape index (κ3) is 8.48. The highest BCUT2D eigenvalue weighted by Gasteiger charge is 2.15. The first-order valence-electron chi connectivity index (χ1n) is 6.85. The van der Waals surface area contributed by atoms with E-state index in [1.165, 1.54) is 0 Å². The zero-order chi connectivity index (χ0) is 16.8. The second-order valence-corrected chi connectivity index (χ2v) is 7.47. The Morgan fingerprint density at radius 1 is 1.18 bits per heavy atom. The summed E-state index contributed by atoms with van der Waals surface area (Å²) < 4.78 is 27.0. The first-order chi connectivity index (χ1) is 10.1. The van der Waals surface area contributed by atoms with Crippen LogP contribution >= 0.6 is 0 Å². The van der Waals surface area contributed by atoms with Crippen LogP contribution in [-0.4, -0.2) is 33.2 Å². The van der Waals surface area contributed by atoms with Crippen molar-refractivity contribution in [2.45, 2.75) is 32.1 Å². The Morgan fingerprint density at radius 2 is 1.77 bits per heavy atom. The van der Waals surface area contributed by atoms with Gasteiger partial charge < -0.3 is 15.4 Å². The predicted octanol–water partition coefficient (Wildman–Crippen LogP) is 1.41. The minimum absolute atomic E-state index is 0.187. The number of carbonyl (C=O) groups excluding carboxylic acids is 1. The molecule has 4 N–H and O–H groups in total. The second-order valence-electron chi connectivity index (χ2n) is 5.86. The van der Waals surface area contributed by atoms with Gasteiger partial charge in [-0.05, 0) is 38.5 Å². The number of sulfonamides is 1.